The van der Waals surface area contributed by atoms with Gasteiger partial charge in [-0.25, -0.2) is 0 Å². The van der Waals surface area contributed by atoms with Crippen molar-refractivity contribution < 1.29 is 0 Å². The molecule has 0 aliphatic heterocycles. The van der Waals surface area contributed by atoms with Gasteiger partial charge in [0.2, 0.25) is 0 Å². The van der Waals surface area contributed by atoms with Gasteiger partial charge in [-0.2, -0.15) is 0 Å². The Kier molecular flexibility index (Phi) is 8.08. The molecule has 0 heterocycles. The van der Waals surface area contributed by atoms with Gasteiger partial charge >= 0.3 is 0 Å². The molecule has 0 saturated heterocycles. The molecule has 4 heteroatoms. The van der Waals surface area contributed by atoms with Crippen LogP contribution >= 0.6 is 23.2 Å². The lowest BCUT2D eigenvalue weighted by Gasteiger charge is -2.23. The summed E-state index contributed by atoms with van der Waals surface area (Å²) in [5, 5.41) is 3.50. The van der Waals surface area contributed by atoms with Gasteiger partial charge in [0, 0.05) is 42.3 Å². The van der Waals surface area contributed by atoms with Crippen molar-refractivity contribution in [1.29, 1.82) is 0 Å². The van der Waals surface area contributed by atoms with Crippen molar-refractivity contribution >= 4 is 34.6 Å². The van der Waals surface area contributed by atoms with Crippen LogP contribution in [-0.2, 0) is 0 Å². The second-order valence-corrected chi connectivity index (χ2v) is 5.50. The minimum absolute atomic E-state index is 0.512. The maximum atomic E-state index is 5.82. The zero-order chi connectivity index (χ0) is 14.1. The van der Waals surface area contributed by atoms with E-state index >= 15 is 0 Å². The molecule has 0 aliphatic carbocycles. The second kappa shape index (κ2) is 9.33. The topological polar surface area (TPSA) is 15.3 Å². The van der Waals surface area contributed by atoms with Crippen LogP contribution in [-0.4, -0.2) is 30.9 Å². The van der Waals surface area contributed by atoms with E-state index in [1.165, 1.54) is 24.2 Å². The number of nitrogens with zero attached hydrogens (tertiary/aromatic N) is 1. The lowest BCUT2D eigenvalue weighted by Crippen LogP contribution is -2.27. The molecule has 19 heavy (non-hydrogen) atoms. The van der Waals surface area contributed by atoms with Crippen LogP contribution in [0.2, 0.25) is 0 Å². The molecule has 108 valence electrons. The lowest BCUT2D eigenvalue weighted by molar-refractivity contribution is 0.690. The Bertz CT molecular complexity index is 335. The highest BCUT2D eigenvalue weighted by Crippen LogP contribution is 2.19. The third kappa shape index (κ3) is 5.92. The van der Waals surface area contributed by atoms with Crippen molar-refractivity contribution in [3.05, 3.63) is 24.3 Å². The molecule has 1 aromatic carbocycles. The summed E-state index contributed by atoms with van der Waals surface area (Å²) in [6, 6.07) is 9.01. The number of hydrogen-bond acceptors (Lipinski definition) is 2. The highest BCUT2D eigenvalue weighted by atomic mass is 35.5. The van der Waals surface area contributed by atoms with E-state index in [0.29, 0.717) is 17.8 Å². The summed E-state index contributed by atoms with van der Waals surface area (Å²) in [7, 11) is 0. The summed E-state index contributed by atoms with van der Waals surface area (Å²) < 4.78 is 0. The highest BCUT2D eigenvalue weighted by Gasteiger charge is 2.06. The molecule has 0 saturated carbocycles. The lowest BCUT2D eigenvalue weighted by atomic mass is 10.2. The van der Waals surface area contributed by atoms with Crippen molar-refractivity contribution in [2.75, 3.05) is 35.1 Å². The summed E-state index contributed by atoms with van der Waals surface area (Å²) in [5.74, 6) is 1.23. The Morgan fingerprint density at radius 2 is 1.68 bits per heavy atom. The number of nitrogens with one attached hydrogen (secondary N) is 1. The van der Waals surface area contributed by atoms with Gasteiger partial charge in [0.15, 0.2) is 0 Å². The van der Waals surface area contributed by atoms with Gasteiger partial charge in [0.1, 0.15) is 0 Å². The number of halogens is 2. The third-order valence-corrected chi connectivity index (χ3v) is 3.41. The largest absolute Gasteiger partial charge is 0.383 e. The first kappa shape index (κ1) is 16.5. The smallest absolute Gasteiger partial charge is 0.0399 e. The van der Waals surface area contributed by atoms with Crippen LogP contribution < -0.4 is 10.2 Å². The van der Waals surface area contributed by atoms with Gasteiger partial charge in [-0.3, -0.25) is 0 Å². The van der Waals surface area contributed by atoms with Gasteiger partial charge in [0.05, 0.1) is 0 Å². The minimum atomic E-state index is 0.512. The Morgan fingerprint density at radius 1 is 1.11 bits per heavy atom. The average molecular weight is 303 g/mol. The Morgan fingerprint density at radius 3 is 2.16 bits per heavy atom. The van der Waals surface area contributed by atoms with E-state index in [2.05, 4.69) is 48.3 Å². The van der Waals surface area contributed by atoms with Gasteiger partial charge < -0.3 is 10.2 Å². The quantitative estimate of drug-likeness (QED) is 0.672. The predicted octanol–water partition coefficient (Wildman–Crippen LogP) is 4.57. The van der Waals surface area contributed by atoms with Crippen molar-refractivity contribution in [3.63, 3.8) is 0 Å². The van der Waals surface area contributed by atoms with Crippen LogP contribution in [0, 0.1) is 0 Å². The average Bonchev–Trinajstić information content (AvgIpc) is 2.40. The van der Waals surface area contributed by atoms with Crippen LogP contribution in [0.25, 0.3) is 0 Å². The SMILES string of the molecule is CCCC(C)Nc1ccc(N(CCCl)CCCl)cc1. The second-order valence-electron chi connectivity index (χ2n) is 4.75. The number of anilines is 2. The van der Waals surface area contributed by atoms with Crippen molar-refractivity contribution in [2.45, 2.75) is 32.7 Å². The normalized spacial score (nSPS) is 12.2. The third-order valence-electron chi connectivity index (χ3n) is 3.08. The van der Waals surface area contributed by atoms with Crippen molar-refractivity contribution in [1.82, 2.24) is 0 Å². The molecule has 0 radical (unpaired) electrons. The van der Waals surface area contributed by atoms with Gasteiger partial charge in [-0.05, 0) is 37.6 Å². The number of rotatable bonds is 9. The van der Waals surface area contributed by atoms with Crippen LogP contribution in [0.5, 0.6) is 0 Å². The maximum absolute atomic E-state index is 5.82. The Balaban J connectivity index is 2.63. The summed E-state index contributed by atoms with van der Waals surface area (Å²) in [4.78, 5) is 2.21. The molecule has 0 bridgehead atoms. The van der Waals surface area contributed by atoms with E-state index in [-0.39, 0.29) is 0 Å². The minimum Gasteiger partial charge on any atom is -0.383 e. The molecule has 0 aliphatic rings. The molecule has 2 nitrogen and oxygen atoms in total. The highest BCUT2D eigenvalue weighted by molar-refractivity contribution is 6.18. The first-order valence-corrected chi connectivity index (χ1v) is 8.01. The molecule has 1 N–H and O–H groups in total. The zero-order valence-corrected chi connectivity index (χ0v) is 13.3. The number of benzene rings is 1. The van der Waals surface area contributed by atoms with Crippen LogP contribution in [0.1, 0.15) is 26.7 Å². The van der Waals surface area contributed by atoms with E-state index < -0.39 is 0 Å². The fourth-order valence-electron chi connectivity index (χ4n) is 2.13. The molecular formula is C15H24Cl2N2. The molecule has 0 amide bonds. The van der Waals surface area contributed by atoms with Gasteiger partial charge in [-0.1, -0.05) is 13.3 Å². The van der Waals surface area contributed by atoms with Crippen LogP contribution in [0.3, 0.4) is 0 Å². The molecule has 1 unspecified atom stereocenters. The summed E-state index contributed by atoms with van der Waals surface area (Å²) >= 11 is 11.6. The summed E-state index contributed by atoms with van der Waals surface area (Å²) in [6.45, 7) is 6.07. The van der Waals surface area contributed by atoms with Crippen LogP contribution in [0.4, 0.5) is 11.4 Å². The molecule has 1 rings (SSSR count). The Labute approximate surface area is 127 Å². The summed E-state index contributed by atoms with van der Waals surface area (Å²) in [6.07, 6.45) is 2.39. The maximum Gasteiger partial charge on any atom is 0.0399 e. The monoisotopic (exact) mass is 302 g/mol. The van der Waals surface area contributed by atoms with E-state index in [4.69, 9.17) is 23.2 Å². The first-order chi connectivity index (χ1) is 9.21. The Hall–Kier alpha value is -0.600. The predicted molar refractivity (Wildman–Crippen MR) is 88.1 cm³/mol. The summed E-state index contributed by atoms with van der Waals surface area (Å²) in [5.41, 5.74) is 2.34. The molecule has 0 fully saturated rings. The van der Waals surface area contributed by atoms with E-state index in [0.717, 1.165) is 13.1 Å². The molecule has 1 aromatic rings. The fourth-order valence-corrected chi connectivity index (χ4v) is 2.54. The molecule has 0 aromatic heterocycles. The van der Waals surface area contributed by atoms with E-state index in [1.54, 1.807) is 0 Å². The van der Waals surface area contributed by atoms with Gasteiger partial charge in [-0.15, -0.1) is 23.2 Å². The fraction of sp³-hybridized carbons (Fsp3) is 0.600. The number of alkyl halides is 2. The first-order valence-electron chi connectivity index (χ1n) is 6.94. The van der Waals surface area contributed by atoms with Gasteiger partial charge in [0.25, 0.3) is 0 Å². The molecular weight excluding hydrogens is 279 g/mol. The van der Waals surface area contributed by atoms with E-state index in [1.807, 2.05) is 0 Å². The molecule has 0 spiro atoms. The van der Waals surface area contributed by atoms with Crippen molar-refractivity contribution in [3.8, 4) is 0 Å². The standard InChI is InChI=1S/C15H24Cl2N2/c1-3-4-13(2)18-14-5-7-15(8-6-14)19(11-9-16)12-10-17/h5-8,13,18H,3-4,9-12H2,1-2H3. The zero-order valence-electron chi connectivity index (χ0n) is 11.8. The van der Waals surface area contributed by atoms with E-state index in [9.17, 15) is 0 Å². The number of hydrogen-bond donors (Lipinski definition) is 1. The van der Waals surface area contributed by atoms with Crippen LogP contribution in [0.15, 0.2) is 24.3 Å². The molecule has 1 atom stereocenters. The van der Waals surface area contributed by atoms with Crippen molar-refractivity contribution in [2.24, 2.45) is 0 Å².